The van der Waals surface area contributed by atoms with Crippen LogP contribution in [0.3, 0.4) is 0 Å². The first-order valence-electron chi connectivity index (χ1n) is 10.6. The third-order valence-corrected chi connectivity index (χ3v) is 5.36. The molecule has 0 fully saturated rings. The smallest absolute Gasteiger partial charge is 0.251 e. The molecule has 2 aromatic carbocycles. The lowest BCUT2D eigenvalue weighted by Crippen LogP contribution is -2.24. The second-order valence-corrected chi connectivity index (χ2v) is 7.39. The van der Waals surface area contributed by atoms with E-state index in [0.29, 0.717) is 30.3 Å². The molecule has 2 N–H and O–H groups in total. The lowest BCUT2D eigenvalue weighted by Gasteiger charge is -2.13. The SMILES string of the molecule is CCOc1ccccc1NC(=O)CC1C(=O)Nc2c(-c3cccc(OC)c3)c(CC)nn21. The van der Waals surface area contributed by atoms with Crippen molar-refractivity contribution < 1.29 is 19.1 Å². The first kappa shape index (κ1) is 21.4. The average Bonchev–Trinajstić information content (AvgIpc) is 3.30. The highest BCUT2D eigenvalue weighted by Crippen LogP contribution is 2.39. The van der Waals surface area contributed by atoms with Crippen LogP contribution in [0, 0.1) is 0 Å². The monoisotopic (exact) mass is 434 g/mol. The van der Waals surface area contributed by atoms with Gasteiger partial charge in [0.25, 0.3) is 5.91 Å². The van der Waals surface area contributed by atoms with E-state index < -0.39 is 6.04 Å². The molecule has 0 saturated carbocycles. The second-order valence-electron chi connectivity index (χ2n) is 7.39. The lowest BCUT2D eigenvalue weighted by atomic mass is 10.0. The molecule has 0 bridgehead atoms. The number of nitrogens with one attached hydrogen (secondary N) is 2. The largest absolute Gasteiger partial charge is 0.497 e. The number of amides is 2. The number of hydrogen-bond donors (Lipinski definition) is 2. The number of carbonyl (C=O) groups is 2. The molecule has 3 aromatic rings. The number of para-hydroxylation sites is 2. The van der Waals surface area contributed by atoms with Crippen LogP contribution in [0.5, 0.6) is 11.5 Å². The highest BCUT2D eigenvalue weighted by atomic mass is 16.5. The Morgan fingerprint density at radius 2 is 2.00 bits per heavy atom. The molecule has 0 radical (unpaired) electrons. The predicted octanol–water partition coefficient (Wildman–Crippen LogP) is 4.04. The third-order valence-electron chi connectivity index (χ3n) is 5.36. The Morgan fingerprint density at radius 1 is 1.19 bits per heavy atom. The number of nitrogens with zero attached hydrogens (tertiary/aromatic N) is 2. The predicted molar refractivity (Wildman–Crippen MR) is 122 cm³/mol. The minimum Gasteiger partial charge on any atom is -0.497 e. The minimum absolute atomic E-state index is 0.0400. The number of methoxy groups -OCH3 is 1. The number of fused-ring (bicyclic) bond motifs is 1. The molecular weight excluding hydrogens is 408 g/mol. The molecule has 0 saturated heterocycles. The van der Waals surface area contributed by atoms with Crippen LogP contribution in [0.15, 0.2) is 48.5 Å². The summed E-state index contributed by atoms with van der Waals surface area (Å²) in [6, 6.07) is 14.1. The fourth-order valence-electron chi connectivity index (χ4n) is 3.87. The van der Waals surface area contributed by atoms with Gasteiger partial charge in [0.15, 0.2) is 0 Å². The van der Waals surface area contributed by atoms with E-state index in [-0.39, 0.29) is 18.2 Å². The molecule has 1 aromatic heterocycles. The zero-order valence-corrected chi connectivity index (χ0v) is 18.3. The Morgan fingerprint density at radius 3 is 2.75 bits per heavy atom. The van der Waals surface area contributed by atoms with E-state index in [9.17, 15) is 9.59 Å². The molecular formula is C24H26N4O4. The number of carbonyl (C=O) groups excluding carboxylic acids is 2. The maximum absolute atomic E-state index is 12.8. The number of rotatable bonds is 8. The van der Waals surface area contributed by atoms with Crippen molar-refractivity contribution in [3.8, 4) is 22.6 Å². The van der Waals surface area contributed by atoms with Gasteiger partial charge in [-0.15, -0.1) is 0 Å². The van der Waals surface area contributed by atoms with Crippen LogP contribution in [0.1, 0.15) is 32.0 Å². The van der Waals surface area contributed by atoms with E-state index in [1.807, 2.05) is 50.2 Å². The molecule has 166 valence electrons. The molecule has 1 atom stereocenters. The van der Waals surface area contributed by atoms with Gasteiger partial charge in [-0.05, 0) is 43.2 Å². The topological polar surface area (TPSA) is 94.5 Å². The third kappa shape index (κ3) is 4.03. The number of aryl methyl sites for hydroxylation is 1. The van der Waals surface area contributed by atoms with E-state index in [2.05, 4.69) is 15.7 Å². The van der Waals surface area contributed by atoms with Crippen LogP contribution in [0.4, 0.5) is 11.5 Å². The van der Waals surface area contributed by atoms with Crippen molar-refractivity contribution in [2.75, 3.05) is 24.4 Å². The molecule has 2 heterocycles. The van der Waals surface area contributed by atoms with Crippen LogP contribution < -0.4 is 20.1 Å². The molecule has 0 spiro atoms. The number of aromatic nitrogens is 2. The Bertz CT molecular complexity index is 1150. The summed E-state index contributed by atoms with van der Waals surface area (Å²) in [5.74, 6) is 1.37. The normalized spacial score (nSPS) is 14.6. The number of ether oxygens (including phenoxy) is 2. The van der Waals surface area contributed by atoms with Gasteiger partial charge in [-0.1, -0.05) is 31.2 Å². The van der Waals surface area contributed by atoms with E-state index in [1.54, 1.807) is 23.9 Å². The maximum atomic E-state index is 12.8. The first-order chi connectivity index (χ1) is 15.5. The molecule has 1 unspecified atom stereocenters. The molecule has 4 rings (SSSR count). The molecule has 8 heteroatoms. The summed E-state index contributed by atoms with van der Waals surface area (Å²) in [6.07, 6.45) is 0.644. The van der Waals surface area contributed by atoms with Crippen molar-refractivity contribution in [3.63, 3.8) is 0 Å². The number of anilines is 2. The summed E-state index contributed by atoms with van der Waals surface area (Å²) in [5.41, 5.74) is 3.17. The van der Waals surface area contributed by atoms with Gasteiger partial charge in [-0.2, -0.15) is 5.10 Å². The Balaban J connectivity index is 1.60. The van der Waals surface area contributed by atoms with Crippen molar-refractivity contribution >= 4 is 23.3 Å². The molecule has 8 nitrogen and oxygen atoms in total. The highest BCUT2D eigenvalue weighted by molar-refractivity contribution is 6.04. The lowest BCUT2D eigenvalue weighted by molar-refractivity contribution is -0.123. The summed E-state index contributed by atoms with van der Waals surface area (Å²) in [7, 11) is 1.61. The van der Waals surface area contributed by atoms with E-state index in [1.165, 1.54) is 0 Å². The van der Waals surface area contributed by atoms with Gasteiger partial charge >= 0.3 is 0 Å². The van der Waals surface area contributed by atoms with E-state index in [4.69, 9.17) is 9.47 Å². The van der Waals surface area contributed by atoms with Crippen molar-refractivity contribution in [3.05, 3.63) is 54.2 Å². The molecule has 32 heavy (non-hydrogen) atoms. The first-order valence-corrected chi connectivity index (χ1v) is 10.6. The van der Waals surface area contributed by atoms with Gasteiger partial charge in [0, 0.05) is 5.56 Å². The van der Waals surface area contributed by atoms with Crippen LogP contribution in [0.2, 0.25) is 0 Å². The fraction of sp³-hybridized carbons (Fsp3) is 0.292. The Hall–Kier alpha value is -3.81. The maximum Gasteiger partial charge on any atom is 0.251 e. The van der Waals surface area contributed by atoms with Gasteiger partial charge in [0.05, 0.1) is 31.5 Å². The van der Waals surface area contributed by atoms with Gasteiger partial charge < -0.3 is 20.1 Å². The van der Waals surface area contributed by atoms with Crippen LogP contribution in [-0.2, 0) is 16.0 Å². The fourth-order valence-corrected chi connectivity index (χ4v) is 3.87. The van der Waals surface area contributed by atoms with Crippen LogP contribution in [0.25, 0.3) is 11.1 Å². The van der Waals surface area contributed by atoms with Crippen LogP contribution in [-0.4, -0.2) is 35.3 Å². The zero-order chi connectivity index (χ0) is 22.7. The van der Waals surface area contributed by atoms with Gasteiger partial charge in [0.1, 0.15) is 23.4 Å². The molecule has 1 aliphatic heterocycles. The number of benzene rings is 2. The quantitative estimate of drug-likeness (QED) is 0.558. The molecule has 2 amide bonds. The van der Waals surface area contributed by atoms with Crippen molar-refractivity contribution in [2.24, 2.45) is 0 Å². The van der Waals surface area contributed by atoms with Crippen molar-refractivity contribution in [1.82, 2.24) is 9.78 Å². The van der Waals surface area contributed by atoms with Crippen LogP contribution >= 0.6 is 0 Å². The van der Waals surface area contributed by atoms with E-state index in [0.717, 1.165) is 22.6 Å². The summed E-state index contributed by atoms with van der Waals surface area (Å²) < 4.78 is 12.5. The van der Waals surface area contributed by atoms with Gasteiger partial charge in [-0.3, -0.25) is 9.59 Å². The van der Waals surface area contributed by atoms with Gasteiger partial charge in [0.2, 0.25) is 5.91 Å². The van der Waals surface area contributed by atoms with Crippen molar-refractivity contribution in [1.29, 1.82) is 0 Å². The van der Waals surface area contributed by atoms with Crippen molar-refractivity contribution in [2.45, 2.75) is 32.7 Å². The summed E-state index contributed by atoms with van der Waals surface area (Å²) in [6.45, 7) is 4.38. The average molecular weight is 434 g/mol. The Kier molecular flexibility index (Phi) is 6.11. The van der Waals surface area contributed by atoms with Gasteiger partial charge in [-0.25, -0.2) is 4.68 Å². The summed E-state index contributed by atoms with van der Waals surface area (Å²) in [5, 5.41) is 10.4. The summed E-state index contributed by atoms with van der Waals surface area (Å²) >= 11 is 0. The van der Waals surface area contributed by atoms with E-state index >= 15 is 0 Å². The molecule has 1 aliphatic rings. The summed E-state index contributed by atoms with van der Waals surface area (Å²) in [4.78, 5) is 25.5. The number of hydrogen-bond acceptors (Lipinski definition) is 5. The highest BCUT2D eigenvalue weighted by Gasteiger charge is 2.36. The molecule has 0 aliphatic carbocycles. The second kappa shape index (κ2) is 9.13. The standard InChI is InChI=1S/C24H26N4O4/c1-4-17-22(15-9-8-10-16(13-15)31-3)23-26-24(30)19(28(23)27-17)14-21(29)25-18-11-6-7-12-20(18)32-5-2/h6-13,19H,4-5,14H2,1-3H3,(H,25,29)(H,26,30). The Labute approximate surface area is 186 Å². The minimum atomic E-state index is -0.728. The zero-order valence-electron chi connectivity index (χ0n) is 18.3.